The number of rotatable bonds is 6. The van der Waals surface area contributed by atoms with Gasteiger partial charge >= 0.3 is 0 Å². The van der Waals surface area contributed by atoms with Gasteiger partial charge in [-0.1, -0.05) is 19.1 Å². The van der Waals surface area contributed by atoms with Gasteiger partial charge < -0.3 is 5.32 Å². The van der Waals surface area contributed by atoms with E-state index in [1.807, 2.05) is 0 Å². The van der Waals surface area contributed by atoms with Crippen LogP contribution < -0.4 is 5.32 Å². The summed E-state index contributed by atoms with van der Waals surface area (Å²) in [6.45, 7) is 2.91. The van der Waals surface area contributed by atoms with Crippen molar-refractivity contribution >= 4 is 25.6 Å². The van der Waals surface area contributed by atoms with Crippen molar-refractivity contribution < 1.29 is 13.2 Å². The van der Waals surface area contributed by atoms with Gasteiger partial charge in [0.1, 0.15) is 0 Å². The number of hydrogen-bond acceptors (Lipinski definition) is 3. The van der Waals surface area contributed by atoms with Crippen molar-refractivity contribution in [2.45, 2.75) is 37.5 Å². The molecule has 1 aliphatic rings. The maximum absolute atomic E-state index is 11.7. The Labute approximate surface area is 123 Å². The summed E-state index contributed by atoms with van der Waals surface area (Å²) in [6, 6.07) is 6.29. The van der Waals surface area contributed by atoms with Crippen molar-refractivity contribution in [2.75, 3.05) is 6.54 Å². The number of carbonyl (C=O) groups excluding carboxylic acids is 1. The van der Waals surface area contributed by atoms with Crippen molar-refractivity contribution in [3.8, 4) is 0 Å². The van der Waals surface area contributed by atoms with Crippen LogP contribution in [0.1, 0.15) is 31.7 Å². The van der Waals surface area contributed by atoms with Crippen LogP contribution >= 0.6 is 10.7 Å². The van der Waals surface area contributed by atoms with Crippen LogP contribution in [-0.4, -0.2) is 20.9 Å². The Kier molecular flexibility index (Phi) is 4.39. The van der Waals surface area contributed by atoms with Crippen molar-refractivity contribution in [3.05, 3.63) is 29.8 Å². The molecule has 0 unspecified atom stereocenters. The molecule has 20 heavy (non-hydrogen) atoms. The van der Waals surface area contributed by atoms with Crippen LogP contribution in [0.5, 0.6) is 0 Å². The van der Waals surface area contributed by atoms with Crippen LogP contribution in [0.25, 0.3) is 0 Å². The largest absolute Gasteiger partial charge is 0.356 e. The summed E-state index contributed by atoms with van der Waals surface area (Å²) in [4.78, 5) is 11.8. The van der Waals surface area contributed by atoms with E-state index in [2.05, 4.69) is 12.2 Å². The van der Waals surface area contributed by atoms with Gasteiger partial charge in [0.15, 0.2) is 0 Å². The average Bonchev–Trinajstić information content (AvgIpc) is 3.12. The van der Waals surface area contributed by atoms with Gasteiger partial charge in [-0.25, -0.2) is 8.42 Å². The Hall–Kier alpha value is -1.07. The molecule has 1 aromatic rings. The maximum atomic E-state index is 11.7. The first-order valence-electron chi connectivity index (χ1n) is 6.59. The third-order valence-corrected chi connectivity index (χ3v) is 5.03. The van der Waals surface area contributed by atoms with Gasteiger partial charge in [0.25, 0.3) is 9.05 Å². The maximum Gasteiger partial charge on any atom is 0.261 e. The second-order valence-electron chi connectivity index (χ2n) is 5.67. The third-order valence-electron chi connectivity index (χ3n) is 3.66. The highest BCUT2D eigenvalue weighted by Crippen LogP contribution is 2.44. The van der Waals surface area contributed by atoms with E-state index in [4.69, 9.17) is 10.7 Å². The molecule has 4 nitrogen and oxygen atoms in total. The van der Waals surface area contributed by atoms with E-state index in [0.29, 0.717) is 18.3 Å². The molecule has 0 bridgehead atoms. The third kappa shape index (κ3) is 4.49. The summed E-state index contributed by atoms with van der Waals surface area (Å²) in [5.41, 5.74) is 1.23. The highest BCUT2D eigenvalue weighted by molar-refractivity contribution is 8.13. The molecular weight excluding hydrogens is 298 g/mol. The van der Waals surface area contributed by atoms with E-state index in [1.165, 1.54) is 25.0 Å². The topological polar surface area (TPSA) is 63.2 Å². The lowest BCUT2D eigenvalue weighted by atomic mass is 10.1. The number of benzene rings is 1. The molecule has 1 saturated carbocycles. The van der Waals surface area contributed by atoms with E-state index >= 15 is 0 Å². The van der Waals surface area contributed by atoms with Gasteiger partial charge in [0.2, 0.25) is 5.91 Å². The number of carbonyl (C=O) groups is 1. The second kappa shape index (κ2) is 5.74. The van der Waals surface area contributed by atoms with Gasteiger partial charge in [-0.15, -0.1) is 0 Å². The molecule has 1 amide bonds. The van der Waals surface area contributed by atoms with Crippen molar-refractivity contribution in [3.63, 3.8) is 0 Å². The number of amides is 1. The zero-order chi connectivity index (χ0) is 14.8. The highest BCUT2D eigenvalue weighted by Gasteiger charge is 2.37. The van der Waals surface area contributed by atoms with Crippen LogP contribution in [0.3, 0.4) is 0 Å². The number of hydrogen-bond donors (Lipinski definition) is 1. The molecule has 0 aromatic heterocycles. The lowest BCUT2D eigenvalue weighted by Gasteiger charge is -2.10. The highest BCUT2D eigenvalue weighted by atomic mass is 35.7. The van der Waals surface area contributed by atoms with E-state index in [9.17, 15) is 13.2 Å². The fourth-order valence-corrected chi connectivity index (χ4v) is 2.64. The average molecular weight is 316 g/mol. The Bertz CT molecular complexity index is 591. The van der Waals surface area contributed by atoms with Crippen LogP contribution in [0, 0.1) is 5.41 Å². The molecule has 0 spiro atoms. The van der Waals surface area contributed by atoms with Crippen LogP contribution in [-0.2, 0) is 20.3 Å². The van der Waals surface area contributed by atoms with Crippen LogP contribution in [0.4, 0.5) is 0 Å². The first-order valence-corrected chi connectivity index (χ1v) is 8.90. The standard InChI is InChI=1S/C14H18ClNO3S/c1-14(8-9-14)10-16-13(17)7-4-11-2-5-12(6-3-11)20(15,18)19/h2-3,5-6H,4,7-10H2,1H3,(H,16,17). The van der Waals surface area contributed by atoms with Crippen LogP contribution in [0.15, 0.2) is 29.2 Å². The lowest BCUT2D eigenvalue weighted by Crippen LogP contribution is -2.29. The predicted molar refractivity (Wildman–Crippen MR) is 78.2 cm³/mol. The van der Waals surface area contributed by atoms with Crippen molar-refractivity contribution in [2.24, 2.45) is 5.41 Å². The molecule has 110 valence electrons. The first kappa shape index (κ1) is 15.3. The van der Waals surface area contributed by atoms with Gasteiger partial charge in [0, 0.05) is 23.6 Å². The van der Waals surface area contributed by atoms with Gasteiger partial charge in [0.05, 0.1) is 4.90 Å². The number of halogens is 1. The molecule has 1 aromatic carbocycles. The molecular formula is C14H18ClNO3S. The molecule has 1 aliphatic carbocycles. The molecule has 0 aliphatic heterocycles. The summed E-state index contributed by atoms with van der Waals surface area (Å²) in [7, 11) is 1.56. The molecule has 0 saturated heterocycles. The fourth-order valence-electron chi connectivity index (χ4n) is 1.87. The van der Waals surface area contributed by atoms with E-state index in [0.717, 1.165) is 12.1 Å². The Morgan fingerprint density at radius 3 is 2.40 bits per heavy atom. The number of aryl methyl sites for hydroxylation is 1. The Morgan fingerprint density at radius 1 is 1.30 bits per heavy atom. The summed E-state index contributed by atoms with van der Waals surface area (Å²) in [6.07, 6.45) is 3.36. The zero-order valence-electron chi connectivity index (χ0n) is 11.4. The summed E-state index contributed by atoms with van der Waals surface area (Å²) in [5, 5.41) is 2.94. The minimum atomic E-state index is -3.68. The summed E-state index contributed by atoms with van der Waals surface area (Å²) >= 11 is 0. The van der Waals surface area contributed by atoms with Crippen molar-refractivity contribution in [1.29, 1.82) is 0 Å². The van der Waals surface area contributed by atoms with Gasteiger partial charge in [-0.05, 0) is 42.4 Å². The van der Waals surface area contributed by atoms with Gasteiger partial charge in [-0.3, -0.25) is 4.79 Å². The number of nitrogens with one attached hydrogen (secondary N) is 1. The minimum absolute atomic E-state index is 0.0344. The monoisotopic (exact) mass is 315 g/mol. The predicted octanol–water partition coefficient (Wildman–Crippen LogP) is 2.46. The second-order valence-corrected chi connectivity index (χ2v) is 8.24. The smallest absolute Gasteiger partial charge is 0.261 e. The van der Waals surface area contributed by atoms with Crippen LogP contribution in [0.2, 0.25) is 0 Å². The fraction of sp³-hybridized carbons (Fsp3) is 0.500. The molecule has 0 atom stereocenters. The Morgan fingerprint density at radius 2 is 1.90 bits per heavy atom. The minimum Gasteiger partial charge on any atom is -0.356 e. The lowest BCUT2D eigenvalue weighted by molar-refractivity contribution is -0.121. The quantitative estimate of drug-likeness (QED) is 0.820. The first-order chi connectivity index (χ1) is 9.28. The molecule has 6 heteroatoms. The Balaban J connectivity index is 1.80. The normalized spacial score (nSPS) is 16.7. The molecule has 0 radical (unpaired) electrons. The van der Waals surface area contributed by atoms with E-state index in [1.54, 1.807) is 12.1 Å². The zero-order valence-corrected chi connectivity index (χ0v) is 12.9. The summed E-state index contributed by atoms with van der Waals surface area (Å²) < 4.78 is 22.2. The van der Waals surface area contributed by atoms with E-state index in [-0.39, 0.29) is 10.8 Å². The molecule has 1 fully saturated rings. The van der Waals surface area contributed by atoms with Crippen molar-refractivity contribution in [1.82, 2.24) is 5.32 Å². The van der Waals surface area contributed by atoms with Gasteiger partial charge in [-0.2, -0.15) is 0 Å². The SMILES string of the molecule is CC1(CNC(=O)CCc2ccc(S(=O)(=O)Cl)cc2)CC1. The summed E-state index contributed by atoms with van der Waals surface area (Å²) in [5.74, 6) is 0.0344. The molecule has 2 rings (SSSR count). The molecule has 0 heterocycles. The van der Waals surface area contributed by atoms with E-state index < -0.39 is 9.05 Å². The molecule has 1 N–H and O–H groups in total.